The Labute approximate surface area is 236 Å². The normalized spacial score (nSPS) is 20.6. The summed E-state index contributed by atoms with van der Waals surface area (Å²) in [6.45, 7) is 1.75. The van der Waals surface area contributed by atoms with Crippen molar-refractivity contribution in [3.63, 3.8) is 0 Å². The van der Waals surface area contributed by atoms with E-state index in [0.29, 0.717) is 27.5 Å². The van der Waals surface area contributed by atoms with Crippen molar-refractivity contribution in [3.8, 4) is 5.75 Å². The third-order valence-electron chi connectivity index (χ3n) is 7.07. The van der Waals surface area contributed by atoms with Gasteiger partial charge >= 0.3 is 10.1 Å². The van der Waals surface area contributed by atoms with E-state index in [1.807, 2.05) is 30.3 Å². The molecular weight excluding hydrogens is 552 g/mol. The molecule has 2 fully saturated rings. The molecule has 40 heavy (non-hydrogen) atoms. The van der Waals surface area contributed by atoms with E-state index in [2.05, 4.69) is 0 Å². The topological polar surface area (TPSA) is 93.2 Å². The highest BCUT2D eigenvalue weighted by Crippen LogP contribution is 2.48. The highest BCUT2D eigenvalue weighted by Gasteiger charge is 2.60. The molecule has 202 valence electrons. The fourth-order valence-electron chi connectivity index (χ4n) is 5.11. The summed E-state index contributed by atoms with van der Waals surface area (Å²) >= 11 is 6.29. The van der Waals surface area contributed by atoms with Gasteiger partial charge in [-0.3, -0.25) is 14.4 Å². The lowest BCUT2D eigenvalue weighted by Gasteiger charge is -2.29. The molecule has 6 rings (SSSR count). The van der Waals surface area contributed by atoms with Gasteiger partial charge in [-0.05, 0) is 66.6 Å². The van der Waals surface area contributed by atoms with Gasteiger partial charge in [-0.1, -0.05) is 66.2 Å². The summed E-state index contributed by atoms with van der Waals surface area (Å²) in [5.41, 5.74) is 2.34. The Bertz CT molecular complexity index is 1700. The van der Waals surface area contributed by atoms with Crippen LogP contribution in [0.1, 0.15) is 17.2 Å². The molecule has 0 N–H and O–H groups in total. The number of imide groups is 1. The monoisotopic (exact) mass is 574 g/mol. The van der Waals surface area contributed by atoms with Crippen LogP contribution in [0, 0.1) is 12.8 Å². The summed E-state index contributed by atoms with van der Waals surface area (Å²) in [4.78, 5) is 34.8. The van der Waals surface area contributed by atoms with E-state index < -0.39 is 40.0 Å². The molecular formula is C30H23ClN2O6S. The van der Waals surface area contributed by atoms with Gasteiger partial charge < -0.3 is 4.18 Å². The lowest BCUT2D eigenvalue weighted by molar-refractivity contribution is -0.126. The Kier molecular flexibility index (Phi) is 6.58. The van der Waals surface area contributed by atoms with Crippen LogP contribution in [0.25, 0.3) is 0 Å². The number of rotatable bonds is 6. The van der Waals surface area contributed by atoms with Gasteiger partial charge in [-0.15, -0.1) is 0 Å². The van der Waals surface area contributed by atoms with Crippen LogP contribution in [0.3, 0.4) is 0 Å². The number of hydroxylamine groups is 1. The highest BCUT2D eigenvalue weighted by molar-refractivity contribution is 7.87. The summed E-state index contributed by atoms with van der Waals surface area (Å²) in [6.07, 6.45) is -1.05. The summed E-state index contributed by atoms with van der Waals surface area (Å²) in [6, 6.07) is 27.8. The maximum absolute atomic E-state index is 13.9. The van der Waals surface area contributed by atoms with Gasteiger partial charge in [0.05, 0.1) is 17.4 Å². The molecule has 2 saturated heterocycles. The average Bonchev–Trinajstić information content (AvgIpc) is 3.47. The van der Waals surface area contributed by atoms with Gasteiger partial charge in [-0.25, -0.2) is 9.96 Å². The Morgan fingerprint density at radius 1 is 0.800 bits per heavy atom. The van der Waals surface area contributed by atoms with E-state index in [1.165, 1.54) is 24.3 Å². The van der Waals surface area contributed by atoms with Gasteiger partial charge in [-0.2, -0.15) is 8.42 Å². The lowest BCUT2D eigenvalue weighted by Crippen LogP contribution is -2.37. The second kappa shape index (κ2) is 10.1. The smallest absolute Gasteiger partial charge is 0.339 e. The van der Waals surface area contributed by atoms with Crippen molar-refractivity contribution in [3.05, 3.63) is 119 Å². The van der Waals surface area contributed by atoms with Gasteiger partial charge in [0, 0.05) is 5.02 Å². The maximum atomic E-state index is 13.9. The minimum absolute atomic E-state index is 0.0350. The molecule has 4 aromatic rings. The van der Waals surface area contributed by atoms with Crippen molar-refractivity contribution in [2.45, 2.75) is 24.0 Å². The molecule has 2 heterocycles. The first-order valence-electron chi connectivity index (χ1n) is 12.5. The summed E-state index contributed by atoms with van der Waals surface area (Å²) in [5, 5.41) is 2.02. The zero-order valence-corrected chi connectivity index (χ0v) is 22.7. The van der Waals surface area contributed by atoms with Crippen molar-refractivity contribution >= 4 is 44.9 Å². The van der Waals surface area contributed by atoms with E-state index >= 15 is 0 Å². The second-order valence-corrected chi connectivity index (χ2v) is 11.4. The number of nitrogens with zero attached hydrogens (tertiary/aromatic N) is 2. The zero-order chi connectivity index (χ0) is 28.0. The molecule has 3 atom stereocenters. The number of hydrogen-bond donors (Lipinski definition) is 0. The molecule has 2 aliphatic rings. The van der Waals surface area contributed by atoms with Crippen molar-refractivity contribution in [1.82, 2.24) is 0 Å². The number of para-hydroxylation sites is 1. The second-order valence-electron chi connectivity index (χ2n) is 9.47. The van der Waals surface area contributed by atoms with E-state index in [9.17, 15) is 18.0 Å². The highest BCUT2D eigenvalue weighted by atomic mass is 35.5. The zero-order valence-electron chi connectivity index (χ0n) is 21.2. The lowest BCUT2D eigenvalue weighted by atomic mass is 9.90. The number of carbonyl (C=O) groups excluding carboxylic acids is 2. The Morgan fingerprint density at radius 3 is 2.12 bits per heavy atom. The van der Waals surface area contributed by atoms with Crippen LogP contribution in [-0.2, 0) is 24.5 Å². The minimum atomic E-state index is -4.03. The van der Waals surface area contributed by atoms with Gasteiger partial charge in [0.15, 0.2) is 6.10 Å². The van der Waals surface area contributed by atoms with Crippen LogP contribution in [0.2, 0.25) is 5.02 Å². The maximum Gasteiger partial charge on any atom is 0.339 e. The molecule has 10 heteroatoms. The molecule has 0 unspecified atom stereocenters. The van der Waals surface area contributed by atoms with Gasteiger partial charge in [0.2, 0.25) is 5.91 Å². The van der Waals surface area contributed by atoms with E-state index in [4.69, 9.17) is 20.6 Å². The first-order valence-corrected chi connectivity index (χ1v) is 14.3. The number of carbonyl (C=O) groups is 2. The molecule has 0 aliphatic carbocycles. The molecule has 0 bridgehead atoms. The Hall–Kier alpha value is -4.18. The third-order valence-corrected chi connectivity index (χ3v) is 8.74. The van der Waals surface area contributed by atoms with Crippen LogP contribution in [0.4, 0.5) is 11.4 Å². The molecule has 4 aromatic carbocycles. The number of anilines is 2. The van der Waals surface area contributed by atoms with E-state index in [-0.39, 0.29) is 10.6 Å². The van der Waals surface area contributed by atoms with Crippen molar-refractivity contribution < 1.29 is 27.0 Å². The molecule has 0 aromatic heterocycles. The Morgan fingerprint density at radius 2 is 1.45 bits per heavy atom. The van der Waals surface area contributed by atoms with Crippen LogP contribution < -0.4 is 14.1 Å². The number of hydrogen-bond acceptors (Lipinski definition) is 7. The van der Waals surface area contributed by atoms with Crippen molar-refractivity contribution in [2.75, 3.05) is 9.96 Å². The van der Waals surface area contributed by atoms with E-state index in [1.54, 1.807) is 60.5 Å². The SMILES string of the molecule is Cc1c(Cl)cccc1N1C(=O)[C@H]2[C@H](ON(c3ccccc3)[C@H]2c2ccc(OS(=O)(=O)c3ccccc3)cc2)C1=O. The molecule has 0 saturated carbocycles. The third kappa shape index (κ3) is 4.42. The van der Waals surface area contributed by atoms with Crippen molar-refractivity contribution in [1.29, 1.82) is 0 Å². The van der Waals surface area contributed by atoms with Crippen LogP contribution in [-0.4, -0.2) is 26.3 Å². The van der Waals surface area contributed by atoms with Gasteiger partial charge in [0.1, 0.15) is 16.6 Å². The first-order chi connectivity index (χ1) is 19.3. The van der Waals surface area contributed by atoms with Crippen molar-refractivity contribution in [2.24, 2.45) is 5.92 Å². The predicted molar refractivity (Wildman–Crippen MR) is 149 cm³/mol. The largest absolute Gasteiger partial charge is 0.379 e. The summed E-state index contributed by atoms with van der Waals surface area (Å²) in [7, 11) is -4.03. The average molecular weight is 575 g/mol. The fraction of sp³-hybridized carbons (Fsp3) is 0.133. The van der Waals surface area contributed by atoms with E-state index in [0.717, 1.165) is 4.90 Å². The minimum Gasteiger partial charge on any atom is -0.379 e. The standard InChI is InChI=1S/C30H23ClN2O6S/c1-19-24(31)13-8-14-25(19)32-29(34)26-27(33(38-28(26)30(32)35)21-9-4-2-5-10-21)20-15-17-22(18-16-20)39-40(36,37)23-11-6-3-7-12-23/h2-18,26-28H,1H3/t26-,27+,28+/m1/s1. The summed E-state index contributed by atoms with van der Waals surface area (Å²) in [5.74, 6) is -1.63. The Balaban J connectivity index is 1.36. The number of fused-ring (bicyclic) bond motifs is 1. The quantitative estimate of drug-likeness (QED) is 0.223. The first kappa shape index (κ1) is 26.1. The number of amides is 2. The summed E-state index contributed by atoms with van der Waals surface area (Å²) < 4.78 is 30.7. The van der Waals surface area contributed by atoms with Crippen LogP contribution in [0.15, 0.2) is 108 Å². The van der Waals surface area contributed by atoms with Crippen LogP contribution >= 0.6 is 11.6 Å². The molecule has 2 aliphatic heterocycles. The van der Waals surface area contributed by atoms with Crippen LogP contribution in [0.5, 0.6) is 5.75 Å². The number of benzene rings is 4. The molecule has 0 radical (unpaired) electrons. The molecule has 8 nitrogen and oxygen atoms in total. The number of halogens is 1. The molecule has 0 spiro atoms. The fourth-order valence-corrected chi connectivity index (χ4v) is 6.23. The van der Waals surface area contributed by atoms with Gasteiger partial charge in [0.25, 0.3) is 5.91 Å². The molecule has 2 amide bonds. The predicted octanol–water partition coefficient (Wildman–Crippen LogP) is 5.47.